The molecule has 1 atom stereocenters. The number of hydrogen-bond donors (Lipinski definition) is 0. The summed E-state index contributed by atoms with van der Waals surface area (Å²) in [6, 6.07) is 15.4. The largest absolute Gasteiger partial charge is 0.286 e. The number of hydrogen-bond acceptors (Lipinski definition) is 1. The molecule has 1 aliphatic heterocycles. The van der Waals surface area contributed by atoms with Crippen LogP contribution in [0.1, 0.15) is 32.8 Å². The molecule has 0 aromatic heterocycles. The van der Waals surface area contributed by atoms with Gasteiger partial charge >= 0.3 is 0 Å². The Bertz CT molecular complexity index is 677. The topological polar surface area (TPSA) is 12.4 Å². The van der Waals surface area contributed by atoms with E-state index in [1.807, 2.05) is 20.1 Å². The Kier molecular flexibility index (Phi) is 5.51. The van der Waals surface area contributed by atoms with Gasteiger partial charge in [0.05, 0.1) is 6.04 Å². The van der Waals surface area contributed by atoms with E-state index in [0.717, 1.165) is 6.42 Å². The van der Waals surface area contributed by atoms with E-state index in [0.29, 0.717) is 0 Å². The normalized spacial score (nSPS) is 19.0. The smallest absolute Gasteiger partial charge is 0.0651 e. The van der Waals surface area contributed by atoms with Gasteiger partial charge in [-0.3, -0.25) is 4.99 Å². The van der Waals surface area contributed by atoms with Crippen LogP contribution in [-0.4, -0.2) is 12.3 Å². The number of benzene rings is 2. The first-order valence-corrected chi connectivity index (χ1v) is 7.71. The van der Waals surface area contributed by atoms with E-state index in [1.54, 1.807) is 0 Å². The Hall–Kier alpha value is -2.15. The van der Waals surface area contributed by atoms with Crippen molar-refractivity contribution in [3.05, 3.63) is 66.3 Å². The quantitative estimate of drug-likeness (QED) is 0.596. The first-order valence-electron chi connectivity index (χ1n) is 7.71. The number of allylic oxidation sites excluding steroid dienone is 3. The molecule has 0 aliphatic carbocycles. The van der Waals surface area contributed by atoms with Crippen molar-refractivity contribution in [2.24, 2.45) is 4.99 Å². The summed E-state index contributed by atoms with van der Waals surface area (Å²) < 4.78 is 0. The van der Waals surface area contributed by atoms with Crippen LogP contribution in [0.4, 0.5) is 0 Å². The summed E-state index contributed by atoms with van der Waals surface area (Å²) in [7, 11) is 0. The van der Waals surface area contributed by atoms with Gasteiger partial charge in [0.25, 0.3) is 0 Å². The van der Waals surface area contributed by atoms with Gasteiger partial charge in [-0.25, -0.2) is 0 Å². The Morgan fingerprint density at radius 3 is 2.57 bits per heavy atom. The number of fused-ring (bicyclic) bond motifs is 1. The molecule has 1 heteroatoms. The minimum absolute atomic E-state index is 0.286. The van der Waals surface area contributed by atoms with Crippen molar-refractivity contribution in [2.45, 2.75) is 33.2 Å². The lowest BCUT2D eigenvalue weighted by atomic mass is 9.98. The highest BCUT2D eigenvalue weighted by Gasteiger charge is 2.03. The highest BCUT2D eigenvalue weighted by Crippen LogP contribution is 2.24. The lowest BCUT2D eigenvalue weighted by Gasteiger charge is -2.09. The van der Waals surface area contributed by atoms with Crippen LogP contribution in [0.15, 0.2) is 65.7 Å². The van der Waals surface area contributed by atoms with E-state index in [2.05, 4.69) is 72.6 Å². The van der Waals surface area contributed by atoms with Crippen LogP contribution in [0.2, 0.25) is 0 Å². The molecule has 0 bridgehead atoms. The Balaban J connectivity index is 0.000000774. The van der Waals surface area contributed by atoms with E-state index in [-0.39, 0.29) is 6.04 Å². The van der Waals surface area contributed by atoms with Crippen LogP contribution >= 0.6 is 0 Å². The maximum atomic E-state index is 4.43. The summed E-state index contributed by atoms with van der Waals surface area (Å²) in [5.74, 6) is 0. The van der Waals surface area contributed by atoms with Crippen molar-refractivity contribution >= 4 is 22.6 Å². The molecule has 21 heavy (non-hydrogen) atoms. The molecule has 0 radical (unpaired) electrons. The number of nitrogens with zero attached hydrogens (tertiary/aromatic N) is 1. The monoisotopic (exact) mass is 277 g/mol. The van der Waals surface area contributed by atoms with Gasteiger partial charge in [-0.1, -0.05) is 62.4 Å². The van der Waals surface area contributed by atoms with Gasteiger partial charge in [-0.15, -0.1) is 0 Å². The average molecular weight is 277 g/mol. The van der Waals surface area contributed by atoms with Crippen LogP contribution < -0.4 is 0 Å². The summed E-state index contributed by atoms with van der Waals surface area (Å²) in [5.41, 5.74) is 2.60. The molecule has 1 unspecified atom stereocenters. The second kappa shape index (κ2) is 7.58. The zero-order valence-corrected chi connectivity index (χ0v) is 13.1. The molecule has 108 valence electrons. The minimum Gasteiger partial charge on any atom is -0.286 e. The van der Waals surface area contributed by atoms with Crippen molar-refractivity contribution in [2.75, 3.05) is 0 Å². The molecule has 2 aromatic carbocycles. The Labute approximate surface area is 127 Å². The first-order chi connectivity index (χ1) is 10.3. The molecule has 0 amide bonds. The second-order valence-corrected chi connectivity index (χ2v) is 4.92. The van der Waals surface area contributed by atoms with E-state index in [4.69, 9.17) is 0 Å². The van der Waals surface area contributed by atoms with Gasteiger partial charge in [0.2, 0.25) is 0 Å². The Morgan fingerprint density at radius 2 is 1.76 bits per heavy atom. The Morgan fingerprint density at radius 1 is 1.00 bits per heavy atom. The SMILES string of the molecule is CC.CC1/C=C\CC(c2ccc3ccccc3c2)=CC=N1. The molecule has 1 aliphatic rings. The fourth-order valence-electron chi connectivity index (χ4n) is 2.38. The average Bonchev–Trinajstić information content (AvgIpc) is 2.52. The third kappa shape index (κ3) is 3.91. The van der Waals surface area contributed by atoms with Gasteiger partial charge in [0.15, 0.2) is 0 Å². The fourth-order valence-corrected chi connectivity index (χ4v) is 2.38. The molecule has 1 nitrogen and oxygen atoms in total. The molecular formula is C20H23N. The van der Waals surface area contributed by atoms with Gasteiger partial charge < -0.3 is 0 Å². The number of aliphatic imine (C=N–C) groups is 1. The van der Waals surface area contributed by atoms with Gasteiger partial charge in [0.1, 0.15) is 0 Å². The minimum atomic E-state index is 0.286. The van der Waals surface area contributed by atoms with E-state index < -0.39 is 0 Å². The van der Waals surface area contributed by atoms with E-state index in [9.17, 15) is 0 Å². The molecule has 3 rings (SSSR count). The highest BCUT2D eigenvalue weighted by atomic mass is 14.7. The lowest BCUT2D eigenvalue weighted by Crippen LogP contribution is -1.95. The maximum Gasteiger partial charge on any atom is 0.0651 e. The predicted molar refractivity (Wildman–Crippen MR) is 95.0 cm³/mol. The van der Waals surface area contributed by atoms with Crippen LogP contribution in [0.25, 0.3) is 16.3 Å². The van der Waals surface area contributed by atoms with Crippen LogP contribution in [-0.2, 0) is 0 Å². The van der Waals surface area contributed by atoms with Crippen molar-refractivity contribution in [1.82, 2.24) is 0 Å². The molecule has 0 N–H and O–H groups in total. The summed E-state index contributed by atoms with van der Waals surface area (Å²) in [5, 5.41) is 2.58. The summed E-state index contributed by atoms with van der Waals surface area (Å²) in [6.45, 7) is 6.10. The standard InChI is InChI=1S/C18H17N.C2H6/c1-14-5-4-8-16(11-12-19-14)18-10-9-15-6-2-3-7-17(15)13-18;1-2/h2-7,9-14H,8H2,1H3;1-2H3/b5-4-,16-11?,19-12?;. The van der Waals surface area contributed by atoms with Gasteiger partial charge in [0, 0.05) is 6.21 Å². The fraction of sp³-hybridized carbons (Fsp3) is 0.250. The number of rotatable bonds is 1. The molecule has 1 heterocycles. The van der Waals surface area contributed by atoms with Gasteiger partial charge in [-0.2, -0.15) is 0 Å². The summed E-state index contributed by atoms with van der Waals surface area (Å²) in [4.78, 5) is 4.43. The molecule has 0 saturated carbocycles. The maximum absolute atomic E-state index is 4.43. The predicted octanol–water partition coefficient (Wildman–Crippen LogP) is 5.67. The summed E-state index contributed by atoms with van der Waals surface area (Å²) in [6.07, 6.45) is 9.39. The zero-order valence-electron chi connectivity index (χ0n) is 13.1. The van der Waals surface area contributed by atoms with E-state index in [1.165, 1.54) is 21.9 Å². The molecular weight excluding hydrogens is 254 g/mol. The molecule has 2 aromatic rings. The van der Waals surface area contributed by atoms with Crippen molar-refractivity contribution in [1.29, 1.82) is 0 Å². The highest BCUT2D eigenvalue weighted by molar-refractivity contribution is 5.90. The van der Waals surface area contributed by atoms with Gasteiger partial charge in [-0.05, 0) is 47.4 Å². The van der Waals surface area contributed by atoms with Crippen LogP contribution in [0.5, 0.6) is 0 Å². The van der Waals surface area contributed by atoms with Crippen molar-refractivity contribution < 1.29 is 0 Å². The second-order valence-electron chi connectivity index (χ2n) is 4.92. The molecule has 0 saturated heterocycles. The van der Waals surface area contributed by atoms with E-state index >= 15 is 0 Å². The third-order valence-corrected chi connectivity index (χ3v) is 3.47. The molecule has 0 fully saturated rings. The van der Waals surface area contributed by atoms with Crippen LogP contribution in [0, 0.1) is 0 Å². The first kappa shape index (κ1) is 15.2. The lowest BCUT2D eigenvalue weighted by molar-refractivity contribution is 0.927. The molecule has 0 spiro atoms. The third-order valence-electron chi connectivity index (χ3n) is 3.47. The van der Waals surface area contributed by atoms with Crippen LogP contribution in [0.3, 0.4) is 0 Å². The van der Waals surface area contributed by atoms with Crippen molar-refractivity contribution in [3.63, 3.8) is 0 Å². The summed E-state index contributed by atoms with van der Waals surface area (Å²) >= 11 is 0. The van der Waals surface area contributed by atoms with Crippen molar-refractivity contribution in [3.8, 4) is 0 Å². The zero-order chi connectivity index (χ0) is 15.1.